The van der Waals surface area contributed by atoms with Gasteiger partial charge in [-0.2, -0.15) is 0 Å². The molecular formula is C26H28ClNO4. The molecule has 3 rings (SSSR count). The number of carbonyl (C=O) groups is 2. The Kier molecular flexibility index (Phi) is 7.75. The van der Waals surface area contributed by atoms with Gasteiger partial charge in [-0.25, -0.2) is 9.59 Å². The average Bonchev–Trinajstić information content (AvgIpc) is 2.78. The normalized spacial score (nSPS) is 14.6. The number of benzene rings is 2. The number of rotatable bonds is 7. The number of carbonyl (C=O) groups excluding carboxylic acids is 2. The molecule has 0 atom stereocenters. The Morgan fingerprint density at radius 3 is 1.81 bits per heavy atom. The molecule has 0 radical (unpaired) electrons. The van der Waals surface area contributed by atoms with Crippen LogP contribution in [0.1, 0.15) is 44.7 Å². The van der Waals surface area contributed by atoms with Crippen molar-refractivity contribution in [3.05, 3.63) is 93.3 Å². The van der Waals surface area contributed by atoms with E-state index in [-0.39, 0.29) is 13.2 Å². The van der Waals surface area contributed by atoms with Crippen LogP contribution in [0.4, 0.5) is 0 Å². The average molecular weight is 454 g/mol. The summed E-state index contributed by atoms with van der Waals surface area (Å²) in [5.74, 6) is -1.51. The van der Waals surface area contributed by atoms with E-state index in [0.29, 0.717) is 22.7 Å². The van der Waals surface area contributed by atoms with Gasteiger partial charge in [0, 0.05) is 23.0 Å². The summed E-state index contributed by atoms with van der Waals surface area (Å²) in [4.78, 5) is 28.4. The minimum absolute atomic E-state index is 0.235. The summed E-state index contributed by atoms with van der Waals surface area (Å²) in [5, 5.41) is 0.576. The van der Waals surface area contributed by atoms with Crippen LogP contribution in [-0.2, 0) is 25.6 Å². The molecule has 1 heterocycles. The predicted molar refractivity (Wildman–Crippen MR) is 125 cm³/mol. The Bertz CT molecular complexity index is 999. The molecule has 0 aromatic heterocycles. The lowest BCUT2D eigenvalue weighted by molar-refractivity contribution is -0.139. The van der Waals surface area contributed by atoms with Crippen molar-refractivity contribution in [3.8, 4) is 0 Å². The monoisotopic (exact) mass is 453 g/mol. The molecule has 2 aromatic carbocycles. The molecule has 0 N–H and O–H groups in total. The van der Waals surface area contributed by atoms with Gasteiger partial charge in [-0.15, -0.1) is 0 Å². The summed E-state index contributed by atoms with van der Waals surface area (Å²) in [6.45, 7) is 8.30. The number of halogens is 1. The van der Waals surface area contributed by atoms with Crippen LogP contribution in [0.15, 0.2) is 77.1 Å². The molecular weight excluding hydrogens is 426 g/mol. The van der Waals surface area contributed by atoms with E-state index in [1.807, 2.05) is 61.2 Å². The molecule has 168 valence electrons. The first kappa shape index (κ1) is 23.6. The highest BCUT2D eigenvalue weighted by atomic mass is 35.5. The van der Waals surface area contributed by atoms with Gasteiger partial charge in [-0.1, -0.05) is 54.1 Å². The van der Waals surface area contributed by atoms with E-state index in [9.17, 15) is 9.59 Å². The Balaban J connectivity index is 2.22. The second-order valence-corrected chi connectivity index (χ2v) is 7.93. The number of hydrogen-bond donors (Lipinski definition) is 0. The van der Waals surface area contributed by atoms with Gasteiger partial charge in [0.1, 0.15) is 0 Å². The van der Waals surface area contributed by atoms with E-state index in [1.165, 1.54) is 0 Å². The minimum atomic E-state index is -0.614. The predicted octanol–water partition coefficient (Wildman–Crippen LogP) is 5.61. The van der Waals surface area contributed by atoms with Crippen molar-refractivity contribution in [3.63, 3.8) is 0 Å². The van der Waals surface area contributed by atoms with Crippen LogP contribution >= 0.6 is 11.6 Å². The van der Waals surface area contributed by atoms with E-state index in [2.05, 4.69) is 0 Å². The fourth-order valence-electron chi connectivity index (χ4n) is 4.04. The van der Waals surface area contributed by atoms with Gasteiger partial charge < -0.3 is 14.4 Å². The van der Waals surface area contributed by atoms with E-state index >= 15 is 0 Å². The molecule has 5 nitrogen and oxygen atoms in total. The maximum absolute atomic E-state index is 13.2. The molecule has 0 bridgehead atoms. The Morgan fingerprint density at radius 2 is 1.34 bits per heavy atom. The summed E-state index contributed by atoms with van der Waals surface area (Å²) in [5.41, 5.74) is 4.19. The molecule has 1 aliphatic heterocycles. The van der Waals surface area contributed by atoms with E-state index < -0.39 is 17.9 Å². The third kappa shape index (κ3) is 4.89. The van der Waals surface area contributed by atoms with Crippen molar-refractivity contribution in [1.29, 1.82) is 0 Å². The standard InChI is InChI=1S/C26H28ClNO4/c1-5-31-25(29)22-17(3)28(16-19-10-8-7-9-11-19)18(4)23(26(30)32-6-2)24(22)20-12-14-21(27)15-13-20/h7-15,24H,5-6,16H2,1-4H3. The summed E-state index contributed by atoms with van der Waals surface area (Å²) in [7, 11) is 0. The first-order valence-electron chi connectivity index (χ1n) is 10.7. The molecule has 0 unspecified atom stereocenters. The zero-order valence-corrected chi connectivity index (χ0v) is 19.6. The topological polar surface area (TPSA) is 55.8 Å². The number of hydrogen-bond acceptors (Lipinski definition) is 5. The highest BCUT2D eigenvalue weighted by Gasteiger charge is 2.40. The van der Waals surface area contributed by atoms with Crippen LogP contribution in [0.3, 0.4) is 0 Å². The van der Waals surface area contributed by atoms with Crippen LogP contribution in [0.5, 0.6) is 0 Å². The maximum atomic E-state index is 13.2. The van der Waals surface area contributed by atoms with Gasteiger partial charge in [-0.05, 0) is 51.0 Å². The van der Waals surface area contributed by atoms with E-state index in [4.69, 9.17) is 21.1 Å². The first-order valence-corrected chi connectivity index (χ1v) is 11.1. The third-order valence-corrected chi connectivity index (χ3v) is 5.80. The molecule has 0 saturated carbocycles. The van der Waals surface area contributed by atoms with E-state index in [0.717, 1.165) is 22.5 Å². The quantitative estimate of drug-likeness (QED) is 0.510. The summed E-state index contributed by atoms with van der Waals surface area (Å²) < 4.78 is 10.8. The Morgan fingerprint density at radius 1 is 0.844 bits per heavy atom. The molecule has 32 heavy (non-hydrogen) atoms. The lowest BCUT2D eigenvalue weighted by atomic mass is 9.79. The van der Waals surface area contributed by atoms with Crippen molar-refractivity contribution in [1.82, 2.24) is 4.90 Å². The molecule has 0 saturated heterocycles. The highest BCUT2D eigenvalue weighted by Crippen LogP contribution is 2.43. The van der Waals surface area contributed by atoms with Gasteiger partial charge in [-0.3, -0.25) is 0 Å². The first-order chi connectivity index (χ1) is 15.4. The smallest absolute Gasteiger partial charge is 0.336 e. The lowest BCUT2D eigenvalue weighted by Gasteiger charge is -2.38. The van der Waals surface area contributed by atoms with Crippen molar-refractivity contribution < 1.29 is 19.1 Å². The summed E-state index contributed by atoms with van der Waals surface area (Å²) in [6.07, 6.45) is 0. The van der Waals surface area contributed by atoms with Crippen LogP contribution in [-0.4, -0.2) is 30.1 Å². The van der Waals surface area contributed by atoms with Crippen LogP contribution < -0.4 is 0 Å². The van der Waals surface area contributed by atoms with Gasteiger partial charge in [0.15, 0.2) is 0 Å². The molecule has 0 amide bonds. The van der Waals surface area contributed by atoms with Gasteiger partial charge in [0.2, 0.25) is 0 Å². The van der Waals surface area contributed by atoms with Gasteiger partial charge in [0.05, 0.1) is 30.3 Å². The zero-order valence-electron chi connectivity index (χ0n) is 18.9. The number of nitrogens with zero attached hydrogens (tertiary/aromatic N) is 1. The van der Waals surface area contributed by atoms with Crippen molar-refractivity contribution in [2.75, 3.05) is 13.2 Å². The minimum Gasteiger partial charge on any atom is -0.463 e. The highest BCUT2D eigenvalue weighted by molar-refractivity contribution is 6.30. The van der Waals surface area contributed by atoms with Crippen molar-refractivity contribution >= 4 is 23.5 Å². The maximum Gasteiger partial charge on any atom is 0.336 e. The number of ether oxygens (including phenoxy) is 2. The second-order valence-electron chi connectivity index (χ2n) is 7.50. The third-order valence-electron chi connectivity index (χ3n) is 5.54. The Hall–Kier alpha value is -3.05. The number of esters is 2. The second kappa shape index (κ2) is 10.5. The number of allylic oxidation sites excluding steroid dienone is 2. The van der Waals surface area contributed by atoms with Crippen LogP contribution in [0.25, 0.3) is 0 Å². The lowest BCUT2D eigenvalue weighted by Crippen LogP contribution is -2.35. The van der Waals surface area contributed by atoms with Crippen LogP contribution in [0, 0.1) is 0 Å². The molecule has 0 aliphatic carbocycles. The summed E-state index contributed by atoms with van der Waals surface area (Å²) in [6, 6.07) is 17.1. The van der Waals surface area contributed by atoms with Crippen molar-refractivity contribution in [2.24, 2.45) is 0 Å². The van der Waals surface area contributed by atoms with Gasteiger partial charge in [0.25, 0.3) is 0 Å². The molecule has 0 fully saturated rings. The fraction of sp³-hybridized carbons (Fsp3) is 0.308. The Labute approximate surface area is 194 Å². The molecule has 6 heteroatoms. The molecule has 1 aliphatic rings. The van der Waals surface area contributed by atoms with Gasteiger partial charge >= 0.3 is 11.9 Å². The van der Waals surface area contributed by atoms with E-state index in [1.54, 1.807) is 26.0 Å². The molecule has 2 aromatic rings. The zero-order chi connectivity index (χ0) is 23.3. The van der Waals surface area contributed by atoms with Crippen molar-refractivity contribution in [2.45, 2.75) is 40.2 Å². The summed E-state index contributed by atoms with van der Waals surface area (Å²) >= 11 is 6.10. The molecule has 0 spiro atoms. The SMILES string of the molecule is CCOC(=O)C1=C(C)N(Cc2ccccc2)C(C)=C(C(=O)OCC)C1c1ccc(Cl)cc1. The largest absolute Gasteiger partial charge is 0.463 e. The fourth-order valence-corrected chi connectivity index (χ4v) is 4.17. The van der Waals surface area contributed by atoms with Crippen LogP contribution in [0.2, 0.25) is 5.02 Å².